The zero-order valence-corrected chi connectivity index (χ0v) is 12.1. The Labute approximate surface area is 133 Å². The number of imidazole rings is 1. The van der Waals surface area contributed by atoms with Crippen LogP contribution in [0.15, 0.2) is 59.5 Å². The van der Waals surface area contributed by atoms with Gasteiger partial charge in [0.05, 0.1) is 34.0 Å². The second-order valence-corrected chi connectivity index (χ2v) is 5.35. The Kier molecular flexibility index (Phi) is 2.99. The van der Waals surface area contributed by atoms with Crippen LogP contribution < -0.4 is 5.69 Å². The summed E-state index contributed by atoms with van der Waals surface area (Å²) in [6, 6.07) is 11.8. The number of para-hydroxylation sites is 1. The second-order valence-electron chi connectivity index (χ2n) is 5.35. The molecule has 1 N–H and O–H groups in total. The molecule has 4 aromatic rings. The summed E-state index contributed by atoms with van der Waals surface area (Å²) in [5.41, 5.74) is 0.463. The molecule has 0 saturated heterocycles. The SMILES string of the molecule is O=c1[nH]c2cnc3ccccc3c2n1-c1cccc(C(F)(F)F)c1. The number of pyridine rings is 1. The molecule has 0 spiro atoms. The summed E-state index contributed by atoms with van der Waals surface area (Å²) in [6.45, 7) is 0. The number of nitrogens with one attached hydrogen (secondary N) is 1. The lowest BCUT2D eigenvalue weighted by atomic mass is 10.1. The van der Waals surface area contributed by atoms with Crippen molar-refractivity contribution in [2.45, 2.75) is 6.18 Å². The molecule has 120 valence electrons. The fraction of sp³-hybridized carbons (Fsp3) is 0.0588. The third-order valence-corrected chi connectivity index (χ3v) is 3.85. The Morgan fingerprint density at radius 1 is 1.04 bits per heavy atom. The number of hydrogen-bond donors (Lipinski definition) is 1. The Morgan fingerprint density at radius 2 is 1.83 bits per heavy atom. The van der Waals surface area contributed by atoms with Crippen LogP contribution in [0.1, 0.15) is 5.56 Å². The van der Waals surface area contributed by atoms with E-state index in [4.69, 9.17) is 0 Å². The highest BCUT2D eigenvalue weighted by Crippen LogP contribution is 2.31. The standard InChI is InChI=1S/C17H10F3N3O/c18-17(19,20)10-4-3-5-11(8-10)23-15-12-6-1-2-7-13(12)21-9-14(15)22-16(23)24/h1-9H,(H,22,24). The summed E-state index contributed by atoms with van der Waals surface area (Å²) in [5.74, 6) is 0. The average molecular weight is 329 g/mol. The van der Waals surface area contributed by atoms with Gasteiger partial charge in [0.15, 0.2) is 0 Å². The Hall–Kier alpha value is -3.09. The van der Waals surface area contributed by atoms with Gasteiger partial charge >= 0.3 is 11.9 Å². The molecule has 0 aliphatic heterocycles. The van der Waals surface area contributed by atoms with Crippen molar-refractivity contribution < 1.29 is 13.2 Å². The molecule has 2 aromatic carbocycles. The minimum atomic E-state index is -4.48. The molecule has 0 bridgehead atoms. The number of halogens is 3. The van der Waals surface area contributed by atoms with Crippen molar-refractivity contribution in [3.05, 3.63) is 70.8 Å². The minimum Gasteiger partial charge on any atom is -0.304 e. The number of aromatic nitrogens is 3. The lowest BCUT2D eigenvalue weighted by Crippen LogP contribution is -2.15. The second kappa shape index (κ2) is 4.95. The molecule has 0 aliphatic rings. The first-order valence-electron chi connectivity index (χ1n) is 7.11. The van der Waals surface area contributed by atoms with Gasteiger partial charge in [0, 0.05) is 5.39 Å². The lowest BCUT2D eigenvalue weighted by Gasteiger charge is -2.10. The number of benzene rings is 2. The molecule has 7 heteroatoms. The number of fused-ring (bicyclic) bond motifs is 3. The fourth-order valence-corrected chi connectivity index (χ4v) is 2.80. The maximum atomic E-state index is 13.0. The van der Waals surface area contributed by atoms with Crippen LogP contribution in [0.4, 0.5) is 13.2 Å². The highest BCUT2D eigenvalue weighted by atomic mass is 19.4. The molecule has 4 nitrogen and oxygen atoms in total. The summed E-state index contributed by atoms with van der Waals surface area (Å²) in [6.07, 6.45) is -2.97. The van der Waals surface area contributed by atoms with E-state index in [1.54, 1.807) is 24.3 Å². The van der Waals surface area contributed by atoms with Crippen LogP contribution in [0.25, 0.3) is 27.6 Å². The van der Waals surface area contributed by atoms with Crippen LogP contribution in [0.2, 0.25) is 0 Å². The van der Waals surface area contributed by atoms with Crippen LogP contribution in [0, 0.1) is 0 Å². The number of hydrogen-bond acceptors (Lipinski definition) is 2. The van der Waals surface area contributed by atoms with E-state index in [9.17, 15) is 18.0 Å². The van der Waals surface area contributed by atoms with Crippen LogP contribution in [0.3, 0.4) is 0 Å². The predicted octanol–water partition coefficient (Wildman–Crippen LogP) is 3.89. The van der Waals surface area contributed by atoms with Gasteiger partial charge in [-0.1, -0.05) is 24.3 Å². The zero-order valence-electron chi connectivity index (χ0n) is 12.1. The number of alkyl halides is 3. The number of rotatable bonds is 1. The van der Waals surface area contributed by atoms with Crippen molar-refractivity contribution >= 4 is 21.9 Å². The predicted molar refractivity (Wildman–Crippen MR) is 84.2 cm³/mol. The third-order valence-electron chi connectivity index (χ3n) is 3.85. The average Bonchev–Trinajstić information content (AvgIpc) is 2.90. The monoisotopic (exact) mass is 329 g/mol. The first-order chi connectivity index (χ1) is 11.4. The molecule has 0 aliphatic carbocycles. The molecule has 4 rings (SSSR count). The highest BCUT2D eigenvalue weighted by Gasteiger charge is 2.30. The Bertz CT molecular complexity index is 1130. The van der Waals surface area contributed by atoms with Crippen LogP contribution in [-0.4, -0.2) is 14.5 Å². The summed E-state index contributed by atoms with van der Waals surface area (Å²) in [7, 11) is 0. The van der Waals surface area contributed by atoms with Crippen molar-refractivity contribution in [2.75, 3.05) is 0 Å². The molecule has 0 radical (unpaired) electrons. The highest BCUT2D eigenvalue weighted by molar-refractivity contribution is 6.02. The van der Waals surface area contributed by atoms with Crippen LogP contribution in [-0.2, 0) is 6.18 Å². The van der Waals surface area contributed by atoms with E-state index in [1.807, 2.05) is 0 Å². The quantitative estimate of drug-likeness (QED) is 0.576. The number of H-pyrrole nitrogens is 1. The molecule has 0 saturated carbocycles. The topological polar surface area (TPSA) is 50.7 Å². The van der Waals surface area contributed by atoms with E-state index >= 15 is 0 Å². The van der Waals surface area contributed by atoms with Crippen LogP contribution >= 0.6 is 0 Å². The van der Waals surface area contributed by atoms with E-state index in [0.717, 1.165) is 12.1 Å². The largest absolute Gasteiger partial charge is 0.416 e. The van der Waals surface area contributed by atoms with Gasteiger partial charge in [-0.3, -0.25) is 9.55 Å². The molecule has 0 unspecified atom stereocenters. The van der Waals surface area contributed by atoms with Gasteiger partial charge in [-0.25, -0.2) is 4.79 Å². The van der Waals surface area contributed by atoms with Gasteiger partial charge in [0.25, 0.3) is 0 Å². The minimum absolute atomic E-state index is 0.150. The van der Waals surface area contributed by atoms with Gasteiger partial charge in [0.2, 0.25) is 0 Å². The molecule has 0 fully saturated rings. The number of nitrogens with zero attached hydrogens (tertiary/aromatic N) is 2. The molecule has 2 aromatic heterocycles. The van der Waals surface area contributed by atoms with Gasteiger partial charge in [-0.15, -0.1) is 0 Å². The van der Waals surface area contributed by atoms with Gasteiger partial charge < -0.3 is 4.98 Å². The van der Waals surface area contributed by atoms with E-state index in [0.29, 0.717) is 21.9 Å². The van der Waals surface area contributed by atoms with Gasteiger partial charge in [0.1, 0.15) is 0 Å². The van der Waals surface area contributed by atoms with Gasteiger partial charge in [-0.2, -0.15) is 13.2 Å². The maximum absolute atomic E-state index is 13.0. The molecule has 2 heterocycles. The van der Waals surface area contributed by atoms with Crippen molar-refractivity contribution in [3.8, 4) is 5.69 Å². The summed E-state index contributed by atoms with van der Waals surface area (Å²) in [4.78, 5) is 19.2. The third kappa shape index (κ3) is 2.17. The maximum Gasteiger partial charge on any atom is 0.416 e. The Morgan fingerprint density at radius 3 is 2.62 bits per heavy atom. The molecular formula is C17H10F3N3O. The molecular weight excluding hydrogens is 319 g/mol. The van der Waals surface area contributed by atoms with Crippen LogP contribution in [0.5, 0.6) is 0 Å². The van der Waals surface area contributed by atoms with E-state index in [-0.39, 0.29) is 5.69 Å². The van der Waals surface area contributed by atoms with Crippen molar-refractivity contribution in [3.63, 3.8) is 0 Å². The summed E-state index contributed by atoms with van der Waals surface area (Å²) in [5, 5.41) is 0.686. The summed E-state index contributed by atoms with van der Waals surface area (Å²) >= 11 is 0. The fourth-order valence-electron chi connectivity index (χ4n) is 2.80. The normalized spacial score (nSPS) is 12.1. The van der Waals surface area contributed by atoms with Crippen molar-refractivity contribution in [1.82, 2.24) is 14.5 Å². The van der Waals surface area contributed by atoms with Gasteiger partial charge in [-0.05, 0) is 24.3 Å². The zero-order chi connectivity index (χ0) is 16.9. The van der Waals surface area contributed by atoms with Crippen molar-refractivity contribution in [2.24, 2.45) is 0 Å². The van der Waals surface area contributed by atoms with E-state index < -0.39 is 17.4 Å². The molecule has 0 atom stereocenters. The lowest BCUT2D eigenvalue weighted by molar-refractivity contribution is -0.137. The van der Waals surface area contributed by atoms with E-state index in [1.165, 1.54) is 22.9 Å². The summed E-state index contributed by atoms with van der Waals surface area (Å²) < 4.78 is 40.2. The van der Waals surface area contributed by atoms with E-state index in [2.05, 4.69) is 9.97 Å². The molecule has 0 amide bonds. The smallest absolute Gasteiger partial charge is 0.304 e. The number of aromatic amines is 1. The first kappa shape index (κ1) is 14.5. The molecule has 24 heavy (non-hydrogen) atoms. The van der Waals surface area contributed by atoms with Crippen molar-refractivity contribution in [1.29, 1.82) is 0 Å². The Balaban J connectivity index is 2.09. The first-order valence-corrected chi connectivity index (χ1v) is 7.11.